The molecule has 2 saturated heterocycles. The van der Waals surface area contributed by atoms with E-state index in [1.807, 2.05) is 47.0 Å². The number of nitrogens with zero attached hydrogens (tertiary/aromatic N) is 5. The average Bonchev–Trinajstić information content (AvgIpc) is 2.79. The zero-order chi connectivity index (χ0) is 19.3. The van der Waals surface area contributed by atoms with Crippen LogP contribution in [-0.4, -0.2) is 83.0 Å². The Labute approximate surface area is 170 Å². The van der Waals surface area contributed by atoms with Crippen molar-refractivity contribution in [2.45, 2.75) is 6.92 Å². The number of aromatic nitrogens is 2. The summed E-state index contributed by atoms with van der Waals surface area (Å²) in [5, 5.41) is 0. The molecule has 3 heterocycles. The summed E-state index contributed by atoms with van der Waals surface area (Å²) in [6.07, 6.45) is 1.74. The minimum atomic E-state index is 0.0589. The maximum atomic E-state index is 13.3. The molecule has 148 valence electrons. The van der Waals surface area contributed by atoms with E-state index < -0.39 is 0 Å². The molecule has 1 aromatic heterocycles. The fourth-order valence-electron chi connectivity index (χ4n) is 3.70. The van der Waals surface area contributed by atoms with Crippen LogP contribution in [-0.2, 0) is 0 Å². The third-order valence-electron chi connectivity index (χ3n) is 5.45. The Morgan fingerprint density at radius 3 is 2.43 bits per heavy atom. The molecular weight excluding hydrogens is 370 g/mol. The smallest absolute Gasteiger partial charge is 0.259 e. The van der Waals surface area contributed by atoms with Gasteiger partial charge in [-0.05, 0) is 6.54 Å². The molecule has 0 spiro atoms. The summed E-state index contributed by atoms with van der Waals surface area (Å²) in [5.41, 5.74) is 1.61. The second kappa shape index (κ2) is 8.92. The molecule has 2 aliphatic rings. The zero-order valence-electron chi connectivity index (χ0n) is 16.4. The number of likely N-dealkylation sites (N-methyl/N-ethyl adjacent to an activating group) is 1. The van der Waals surface area contributed by atoms with Crippen LogP contribution < -0.4 is 4.90 Å². The zero-order valence-corrected chi connectivity index (χ0v) is 17.2. The summed E-state index contributed by atoms with van der Waals surface area (Å²) >= 11 is 1.95. The maximum Gasteiger partial charge on any atom is 0.259 e. The molecule has 2 fully saturated rings. The quantitative estimate of drug-likeness (QED) is 0.790. The van der Waals surface area contributed by atoms with Crippen LogP contribution in [0.3, 0.4) is 0 Å². The van der Waals surface area contributed by atoms with Gasteiger partial charge in [-0.15, -0.1) is 0 Å². The number of carbonyl (C=O) groups excluding carboxylic acids is 1. The lowest BCUT2D eigenvalue weighted by atomic mass is 10.1. The van der Waals surface area contributed by atoms with Crippen molar-refractivity contribution in [3.05, 3.63) is 42.1 Å². The van der Waals surface area contributed by atoms with E-state index in [-0.39, 0.29) is 5.91 Å². The molecule has 1 aromatic carbocycles. The van der Waals surface area contributed by atoms with Crippen molar-refractivity contribution >= 4 is 23.5 Å². The molecule has 2 aliphatic heterocycles. The van der Waals surface area contributed by atoms with Crippen molar-refractivity contribution in [2.75, 3.05) is 62.2 Å². The van der Waals surface area contributed by atoms with Crippen LogP contribution in [0, 0.1) is 0 Å². The molecule has 0 N–H and O–H groups in total. The number of carbonyl (C=O) groups is 1. The summed E-state index contributed by atoms with van der Waals surface area (Å²) in [4.78, 5) is 29.3. The molecule has 6 nitrogen and oxygen atoms in total. The van der Waals surface area contributed by atoms with Crippen molar-refractivity contribution in [1.29, 1.82) is 0 Å². The van der Waals surface area contributed by atoms with Gasteiger partial charge < -0.3 is 14.7 Å². The van der Waals surface area contributed by atoms with Crippen molar-refractivity contribution in [1.82, 2.24) is 19.8 Å². The number of piperazine rings is 1. The third-order valence-corrected chi connectivity index (χ3v) is 6.39. The van der Waals surface area contributed by atoms with Crippen LogP contribution in [0.5, 0.6) is 0 Å². The summed E-state index contributed by atoms with van der Waals surface area (Å²) in [6.45, 7) is 8.43. The van der Waals surface area contributed by atoms with E-state index in [4.69, 9.17) is 4.98 Å². The Morgan fingerprint density at radius 2 is 1.75 bits per heavy atom. The predicted molar refractivity (Wildman–Crippen MR) is 115 cm³/mol. The number of benzene rings is 1. The molecular formula is C21H27N5OS. The summed E-state index contributed by atoms with van der Waals surface area (Å²) in [5.74, 6) is 3.66. The van der Waals surface area contributed by atoms with E-state index in [2.05, 4.69) is 21.7 Å². The number of rotatable bonds is 4. The standard InChI is InChI=1S/C21H27N5OS/c1-2-24-8-10-26(11-9-24)21(27)18-16-22-19(17-6-4-3-5-7-17)23-20(18)25-12-14-28-15-13-25/h3-7,16H,2,8-15H2,1H3. The van der Waals surface area contributed by atoms with Gasteiger partial charge in [-0.25, -0.2) is 9.97 Å². The van der Waals surface area contributed by atoms with Gasteiger partial charge in [-0.3, -0.25) is 4.79 Å². The monoisotopic (exact) mass is 397 g/mol. The van der Waals surface area contributed by atoms with E-state index >= 15 is 0 Å². The molecule has 0 saturated carbocycles. The molecule has 0 aliphatic carbocycles. The van der Waals surface area contributed by atoms with E-state index in [0.717, 1.165) is 68.7 Å². The highest BCUT2D eigenvalue weighted by Crippen LogP contribution is 2.26. The first kappa shape index (κ1) is 19.2. The first-order chi connectivity index (χ1) is 13.8. The van der Waals surface area contributed by atoms with Gasteiger partial charge in [0.25, 0.3) is 5.91 Å². The number of amides is 1. The molecule has 1 amide bonds. The molecule has 7 heteroatoms. The van der Waals surface area contributed by atoms with Crippen molar-refractivity contribution in [3.63, 3.8) is 0 Å². The van der Waals surface area contributed by atoms with E-state index in [1.54, 1.807) is 6.20 Å². The highest BCUT2D eigenvalue weighted by Gasteiger charge is 2.27. The van der Waals surface area contributed by atoms with Crippen molar-refractivity contribution < 1.29 is 4.79 Å². The van der Waals surface area contributed by atoms with Crippen LogP contribution in [0.25, 0.3) is 11.4 Å². The first-order valence-electron chi connectivity index (χ1n) is 10.0. The predicted octanol–water partition coefficient (Wildman–Crippen LogP) is 2.47. The van der Waals surface area contributed by atoms with Crippen LogP contribution in [0.2, 0.25) is 0 Å². The van der Waals surface area contributed by atoms with Crippen LogP contribution in [0.1, 0.15) is 17.3 Å². The highest BCUT2D eigenvalue weighted by molar-refractivity contribution is 7.99. The average molecular weight is 398 g/mol. The normalized spacial score (nSPS) is 18.3. The Hall–Kier alpha value is -2.12. The Bertz CT molecular complexity index is 802. The van der Waals surface area contributed by atoms with Crippen LogP contribution >= 0.6 is 11.8 Å². The molecule has 0 bridgehead atoms. The molecule has 28 heavy (non-hydrogen) atoms. The van der Waals surface area contributed by atoms with Crippen molar-refractivity contribution in [2.24, 2.45) is 0 Å². The molecule has 0 radical (unpaired) electrons. The largest absolute Gasteiger partial charge is 0.354 e. The van der Waals surface area contributed by atoms with E-state index in [9.17, 15) is 4.79 Å². The third kappa shape index (κ3) is 4.15. The Morgan fingerprint density at radius 1 is 1.04 bits per heavy atom. The molecule has 4 rings (SSSR count). The van der Waals surface area contributed by atoms with E-state index in [0.29, 0.717) is 11.4 Å². The lowest BCUT2D eigenvalue weighted by Gasteiger charge is -2.35. The summed E-state index contributed by atoms with van der Waals surface area (Å²) in [6, 6.07) is 9.98. The Kier molecular flexibility index (Phi) is 6.12. The number of hydrogen-bond acceptors (Lipinski definition) is 6. The van der Waals surface area contributed by atoms with Gasteiger partial charge in [0.1, 0.15) is 11.4 Å². The fourth-order valence-corrected chi connectivity index (χ4v) is 4.61. The van der Waals surface area contributed by atoms with Gasteiger partial charge in [0.15, 0.2) is 5.82 Å². The minimum absolute atomic E-state index is 0.0589. The number of thioether (sulfide) groups is 1. The summed E-state index contributed by atoms with van der Waals surface area (Å²) in [7, 11) is 0. The van der Waals surface area contributed by atoms with Gasteiger partial charge in [0.05, 0.1) is 0 Å². The van der Waals surface area contributed by atoms with Gasteiger partial charge in [0, 0.05) is 62.5 Å². The SMILES string of the molecule is CCN1CCN(C(=O)c2cnc(-c3ccccc3)nc2N2CCSCC2)CC1. The van der Waals surface area contributed by atoms with Crippen LogP contribution in [0.4, 0.5) is 5.82 Å². The lowest BCUT2D eigenvalue weighted by Crippen LogP contribution is -2.49. The molecule has 0 atom stereocenters. The molecule has 0 unspecified atom stereocenters. The lowest BCUT2D eigenvalue weighted by molar-refractivity contribution is 0.0643. The fraction of sp³-hybridized carbons (Fsp3) is 0.476. The second-order valence-electron chi connectivity index (χ2n) is 7.12. The topological polar surface area (TPSA) is 52.6 Å². The number of anilines is 1. The highest BCUT2D eigenvalue weighted by atomic mass is 32.2. The number of hydrogen-bond donors (Lipinski definition) is 0. The first-order valence-corrected chi connectivity index (χ1v) is 11.2. The maximum absolute atomic E-state index is 13.3. The van der Waals surface area contributed by atoms with Crippen molar-refractivity contribution in [3.8, 4) is 11.4 Å². The second-order valence-corrected chi connectivity index (χ2v) is 8.35. The Balaban J connectivity index is 1.64. The summed E-state index contributed by atoms with van der Waals surface area (Å²) < 4.78 is 0. The van der Waals surface area contributed by atoms with E-state index in [1.165, 1.54) is 0 Å². The van der Waals surface area contributed by atoms with Gasteiger partial charge in [-0.1, -0.05) is 37.3 Å². The van der Waals surface area contributed by atoms with Crippen LogP contribution in [0.15, 0.2) is 36.5 Å². The van der Waals surface area contributed by atoms with Gasteiger partial charge in [-0.2, -0.15) is 11.8 Å². The minimum Gasteiger partial charge on any atom is -0.354 e. The van der Waals surface area contributed by atoms with Gasteiger partial charge in [0.2, 0.25) is 0 Å². The molecule has 2 aromatic rings. The van der Waals surface area contributed by atoms with Gasteiger partial charge >= 0.3 is 0 Å².